The third-order valence-corrected chi connectivity index (χ3v) is 7.03. The molecule has 1 spiro atoms. The number of hydrogen-bond acceptors (Lipinski definition) is 10. The van der Waals surface area contributed by atoms with Crippen molar-refractivity contribution in [3.63, 3.8) is 0 Å². The highest BCUT2D eigenvalue weighted by Crippen LogP contribution is 2.70. The Morgan fingerprint density at radius 2 is 1.97 bits per heavy atom. The van der Waals surface area contributed by atoms with Gasteiger partial charge in [0, 0.05) is 38.5 Å². The average molecular weight is 491 g/mol. The number of carbonyl (C=O) groups is 2. The zero-order valence-electron chi connectivity index (χ0n) is 19.0. The van der Waals surface area contributed by atoms with E-state index >= 15 is 0 Å². The van der Waals surface area contributed by atoms with Crippen molar-refractivity contribution in [1.82, 2.24) is 20.5 Å². The molecule has 3 N–H and O–H groups in total. The van der Waals surface area contributed by atoms with E-state index in [-0.39, 0.29) is 57.5 Å². The van der Waals surface area contributed by atoms with E-state index in [0.717, 1.165) is 25.5 Å². The van der Waals surface area contributed by atoms with Gasteiger partial charge in [0.1, 0.15) is 23.1 Å². The van der Waals surface area contributed by atoms with Crippen molar-refractivity contribution in [2.45, 2.75) is 24.2 Å². The number of methoxy groups -OCH3 is 1. The Bertz CT molecular complexity index is 1230. The molecule has 0 aliphatic heterocycles. The SMILES string of the molecule is CNC(=O)c1nnc(NC(=O)[C@H]2CC23CC3)cc1Nc1ncc(OCCOC)cc1S(C)(=O)=O. The smallest absolute Gasteiger partial charge is 0.273 e. The summed E-state index contributed by atoms with van der Waals surface area (Å²) in [5, 5.41) is 15.9. The van der Waals surface area contributed by atoms with Crippen LogP contribution in [0.3, 0.4) is 0 Å². The van der Waals surface area contributed by atoms with E-state index in [1.165, 1.54) is 32.5 Å². The van der Waals surface area contributed by atoms with Crippen LogP contribution < -0.4 is 20.7 Å². The average Bonchev–Trinajstić information content (AvgIpc) is 3.72. The molecular formula is C21H26N6O6S. The summed E-state index contributed by atoms with van der Waals surface area (Å²) in [5.41, 5.74) is 0.210. The van der Waals surface area contributed by atoms with Gasteiger partial charge in [-0.3, -0.25) is 9.59 Å². The molecule has 34 heavy (non-hydrogen) atoms. The third kappa shape index (κ3) is 5.09. The van der Waals surface area contributed by atoms with Crippen molar-refractivity contribution >= 4 is 39.0 Å². The van der Waals surface area contributed by atoms with Crippen LogP contribution in [0.4, 0.5) is 17.3 Å². The van der Waals surface area contributed by atoms with E-state index in [1.54, 1.807) is 0 Å². The predicted molar refractivity (Wildman–Crippen MR) is 122 cm³/mol. The number of anilines is 3. The number of carbonyl (C=O) groups excluding carboxylic acids is 2. The summed E-state index contributed by atoms with van der Waals surface area (Å²) in [4.78, 5) is 28.9. The molecule has 2 aliphatic carbocycles. The van der Waals surface area contributed by atoms with Gasteiger partial charge in [-0.2, -0.15) is 0 Å². The minimum absolute atomic E-state index is 0.0313. The van der Waals surface area contributed by atoms with E-state index in [9.17, 15) is 18.0 Å². The first-order chi connectivity index (χ1) is 16.2. The normalized spacial score (nSPS) is 17.7. The van der Waals surface area contributed by atoms with Gasteiger partial charge >= 0.3 is 0 Å². The highest BCUT2D eigenvalue weighted by atomic mass is 32.2. The van der Waals surface area contributed by atoms with E-state index in [1.807, 2.05) is 0 Å². The van der Waals surface area contributed by atoms with Gasteiger partial charge in [0.2, 0.25) is 5.91 Å². The van der Waals surface area contributed by atoms with Crippen molar-refractivity contribution in [3.8, 4) is 5.75 Å². The van der Waals surface area contributed by atoms with Gasteiger partial charge in [0.25, 0.3) is 5.91 Å². The van der Waals surface area contributed by atoms with Crippen LogP contribution in [0.2, 0.25) is 0 Å². The van der Waals surface area contributed by atoms with Crippen LogP contribution in [-0.2, 0) is 19.4 Å². The molecule has 2 fully saturated rings. The summed E-state index contributed by atoms with van der Waals surface area (Å²) >= 11 is 0. The lowest BCUT2D eigenvalue weighted by molar-refractivity contribution is -0.117. The number of rotatable bonds is 10. The Morgan fingerprint density at radius 1 is 1.21 bits per heavy atom. The standard InChI is InChI=1S/C21H26N6O6S/c1-22-20(29)17-14(9-16(26-27-17)25-19(28)13-10-21(13)4-5-21)24-18-15(34(3,30)31)8-12(11-23-18)33-7-6-32-2/h8-9,11,13H,4-7,10H2,1-3H3,(H,22,29)(H2,23,24,25,26,28)/t13-/m1/s1. The lowest BCUT2D eigenvalue weighted by Crippen LogP contribution is -2.23. The van der Waals surface area contributed by atoms with Crippen LogP contribution in [0.25, 0.3) is 0 Å². The van der Waals surface area contributed by atoms with Crippen LogP contribution in [0.15, 0.2) is 23.2 Å². The molecule has 0 bridgehead atoms. The maximum atomic E-state index is 12.5. The number of amides is 2. The quantitative estimate of drug-likeness (QED) is 0.412. The van der Waals surface area contributed by atoms with Gasteiger partial charge in [0.05, 0.1) is 18.5 Å². The first kappa shape index (κ1) is 23.8. The van der Waals surface area contributed by atoms with Crippen LogP contribution in [0.5, 0.6) is 5.75 Å². The summed E-state index contributed by atoms with van der Waals surface area (Å²) in [6, 6.07) is 2.76. The second-order valence-corrected chi connectivity index (χ2v) is 10.4. The Kier molecular flexibility index (Phi) is 6.41. The zero-order valence-corrected chi connectivity index (χ0v) is 19.9. The van der Waals surface area contributed by atoms with Crippen molar-refractivity contribution in [3.05, 3.63) is 24.0 Å². The first-order valence-electron chi connectivity index (χ1n) is 10.7. The highest BCUT2D eigenvalue weighted by molar-refractivity contribution is 7.90. The Morgan fingerprint density at radius 3 is 2.59 bits per heavy atom. The van der Waals surface area contributed by atoms with Gasteiger partial charge in [-0.15, -0.1) is 10.2 Å². The van der Waals surface area contributed by atoms with Crippen LogP contribution >= 0.6 is 0 Å². The number of nitrogens with zero attached hydrogens (tertiary/aromatic N) is 3. The molecule has 12 nitrogen and oxygen atoms in total. The Balaban J connectivity index is 1.62. The molecule has 0 aromatic carbocycles. The van der Waals surface area contributed by atoms with E-state index in [4.69, 9.17) is 9.47 Å². The minimum Gasteiger partial charge on any atom is -0.490 e. The molecule has 2 aromatic rings. The lowest BCUT2D eigenvalue weighted by Gasteiger charge is -2.15. The molecule has 2 amide bonds. The molecular weight excluding hydrogens is 464 g/mol. The number of sulfone groups is 1. The van der Waals surface area contributed by atoms with Crippen LogP contribution in [-0.4, -0.2) is 69.0 Å². The highest BCUT2D eigenvalue weighted by Gasteiger charge is 2.65. The molecule has 2 saturated carbocycles. The Hall–Kier alpha value is -3.32. The van der Waals surface area contributed by atoms with Gasteiger partial charge < -0.3 is 25.4 Å². The maximum absolute atomic E-state index is 12.5. The zero-order chi connectivity index (χ0) is 24.5. The summed E-state index contributed by atoms with van der Waals surface area (Å²) in [6.45, 7) is 0.539. The minimum atomic E-state index is -3.73. The van der Waals surface area contributed by atoms with Crippen LogP contribution in [0.1, 0.15) is 29.8 Å². The number of ether oxygens (including phenoxy) is 2. The van der Waals surface area contributed by atoms with Gasteiger partial charge in [0.15, 0.2) is 21.3 Å². The molecule has 0 saturated heterocycles. The molecule has 4 rings (SSSR count). The number of aromatic nitrogens is 3. The molecule has 2 aliphatic rings. The second-order valence-electron chi connectivity index (χ2n) is 8.44. The first-order valence-corrected chi connectivity index (χ1v) is 12.6. The number of pyridine rings is 1. The fraction of sp³-hybridized carbons (Fsp3) is 0.476. The Labute approximate surface area is 196 Å². The summed E-state index contributed by atoms with van der Waals surface area (Å²) in [6.07, 6.45) is 5.38. The number of hydrogen-bond donors (Lipinski definition) is 3. The molecule has 0 unspecified atom stereocenters. The molecule has 1 atom stereocenters. The van der Waals surface area contributed by atoms with E-state index in [2.05, 4.69) is 31.1 Å². The lowest BCUT2D eigenvalue weighted by atomic mass is 10.2. The summed E-state index contributed by atoms with van der Waals surface area (Å²) in [5.74, 6) is -0.368. The maximum Gasteiger partial charge on any atom is 0.273 e. The fourth-order valence-electron chi connectivity index (χ4n) is 3.73. The fourth-order valence-corrected chi connectivity index (χ4v) is 4.52. The van der Waals surface area contributed by atoms with Crippen molar-refractivity contribution < 1.29 is 27.5 Å². The summed E-state index contributed by atoms with van der Waals surface area (Å²) < 4.78 is 35.3. The largest absolute Gasteiger partial charge is 0.490 e. The van der Waals surface area contributed by atoms with E-state index in [0.29, 0.717) is 6.61 Å². The van der Waals surface area contributed by atoms with Crippen molar-refractivity contribution in [2.75, 3.05) is 44.3 Å². The van der Waals surface area contributed by atoms with Crippen molar-refractivity contribution in [2.24, 2.45) is 11.3 Å². The predicted octanol–water partition coefficient (Wildman–Crippen LogP) is 1.14. The molecule has 182 valence electrons. The molecule has 2 aromatic heterocycles. The van der Waals surface area contributed by atoms with Gasteiger partial charge in [-0.05, 0) is 24.7 Å². The van der Waals surface area contributed by atoms with E-state index < -0.39 is 15.7 Å². The number of nitrogens with one attached hydrogen (secondary N) is 3. The second kappa shape index (κ2) is 9.14. The summed E-state index contributed by atoms with van der Waals surface area (Å²) in [7, 11) is -0.775. The monoisotopic (exact) mass is 490 g/mol. The third-order valence-electron chi connectivity index (χ3n) is 5.92. The van der Waals surface area contributed by atoms with Gasteiger partial charge in [-0.1, -0.05) is 0 Å². The van der Waals surface area contributed by atoms with Gasteiger partial charge in [-0.25, -0.2) is 13.4 Å². The van der Waals surface area contributed by atoms with Crippen molar-refractivity contribution in [1.29, 1.82) is 0 Å². The molecule has 13 heteroatoms. The van der Waals surface area contributed by atoms with Crippen LogP contribution in [0, 0.1) is 11.3 Å². The molecule has 2 heterocycles. The topological polar surface area (TPSA) is 162 Å². The molecule has 0 radical (unpaired) electrons.